The summed E-state index contributed by atoms with van der Waals surface area (Å²) >= 11 is 1.88. The van der Waals surface area contributed by atoms with Crippen LogP contribution in [-0.4, -0.2) is 51.1 Å². The zero-order chi connectivity index (χ0) is 23.9. The van der Waals surface area contributed by atoms with Crippen molar-refractivity contribution in [2.45, 2.75) is 39.2 Å². The number of anilines is 1. The molecule has 2 aromatic carbocycles. The van der Waals surface area contributed by atoms with Crippen molar-refractivity contribution in [2.75, 3.05) is 29.9 Å². The number of rotatable bonds is 8. The van der Waals surface area contributed by atoms with Crippen molar-refractivity contribution in [2.24, 2.45) is 0 Å². The first-order valence-electron chi connectivity index (χ1n) is 11.8. The maximum Gasteiger partial charge on any atom is 0.276 e. The molecule has 34 heavy (non-hydrogen) atoms. The maximum atomic E-state index is 13.1. The van der Waals surface area contributed by atoms with Gasteiger partial charge >= 0.3 is 0 Å². The topological polar surface area (TPSA) is 84.3 Å². The van der Waals surface area contributed by atoms with Crippen molar-refractivity contribution in [3.8, 4) is 0 Å². The molecule has 1 aromatic heterocycles. The number of carbonyl (C=O) groups excluding carboxylic acids is 2. The van der Waals surface area contributed by atoms with Crippen LogP contribution in [0.2, 0.25) is 0 Å². The molecule has 1 aliphatic rings. The number of hydrogen-bond donors (Lipinski definition) is 1. The van der Waals surface area contributed by atoms with E-state index < -0.39 is 0 Å². The highest BCUT2D eigenvalue weighted by Gasteiger charge is 2.18. The maximum absolute atomic E-state index is 13.1. The Morgan fingerprint density at radius 2 is 1.71 bits per heavy atom. The quantitative estimate of drug-likeness (QED) is 0.496. The van der Waals surface area contributed by atoms with Gasteiger partial charge in [0, 0.05) is 42.2 Å². The summed E-state index contributed by atoms with van der Waals surface area (Å²) in [7, 11) is 0. The van der Waals surface area contributed by atoms with Crippen molar-refractivity contribution < 1.29 is 9.59 Å². The van der Waals surface area contributed by atoms with Gasteiger partial charge in [0.15, 0.2) is 5.69 Å². The van der Waals surface area contributed by atoms with Gasteiger partial charge in [0.1, 0.15) is 0 Å². The third-order valence-electron chi connectivity index (χ3n) is 5.99. The molecule has 0 unspecified atom stereocenters. The first-order chi connectivity index (χ1) is 16.6. The zero-order valence-corrected chi connectivity index (χ0v) is 20.3. The summed E-state index contributed by atoms with van der Waals surface area (Å²) in [6.45, 7) is 4.19. The van der Waals surface area contributed by atoms with Crippen LogP contribution in [0.5, 0.6) is 0 Å². The number of unbranched alkanes of at least 4 members (excludes halogenated alkanes) is 2. The molecule has 1 aliphatic heterocycles. The summed E-state index contributed by atoms with van der Waals surface area (Å²) in [4.78, 5) is 40.4. The average molecular weight is 479 g/mol. The van der Waals surface area contributed by atoms with E-state index in [1.807, 2.05) is 28.8 Å². The van der Waals surface area contributed by atoms with E-state index >= 15 is 0 Å². The molecule has 1 N–H and O–H groups in total. The molecule has 178 valence electrons. The van der Waals surface area contributed by atoms with Crippen LogP contribution in [0.4, 0.5) is 5.69 Å². The van der Waals surface area contributed by atoms with Crippen LogP contribution < -0.4 is 10.9 Å². The van der Waals surface area contributed by atoms with Gasteiger partial charge in [-0.1, -0.05) is 50.1 Å². The molecule has 0 radical (unpaired) electrons. The van der Waals surface area contributed by atoms with Gasteiger partial charge in [-0.25, -0.2) is 4.68 Å². The average Bonchev–Trinajstić information content (AvgIpc) is 2.87. The van der Waals surface area contributed by atoms with Crippen LogP contribution in [0, 0.1) is 0 Å². The summed E-state index contributed by atoms with van der Waals surface area (Å²) < 4.78 is 1.40. The number of carbonyl (C=O) groups is 2. The number of benzene rings is 2. The number of thioether (sulfide) groups is 1. The summed E-state index contributed by atoms with van der Waals surface area (Å²) in [5.74, 6) is 1.75. The molecule has 2 amide bonds. The monoisotopic (exact) mass is 478 g/mol. The van der Waals surface area contributed by atoms with Gasteiger partial charge in [-0.2, -0.15) is 16.9 Å². The highest BCUT2D eigenvalue weighted by atomic mass is 32.2. The van der Waals surface area contributed by atoms with Crippen molar-refractivity contribution >= 4 is 40.0 Å². The molecule has 7 nitrogen and oxygen atoms in total. The Morgan fingerprint density at radius 1 is 1.00 bits per heavy atom. The van der Waals surface area contributed by atoms with Crippen LogP contribution in [0.25, 0.3) is 10.8 Å². The standard InChI is InChI=1S/C26H30N4O3S/c1-2-3-6-13-30-26(33)22-8-5-4-7-21(22)24(28-30)25(32)27-20-11-9-19(10-12-20)18-23(31)29-14-16-34-17-15-29/h4-5,7-12H,2-3,6,13-18H2,1H3,(H,27,32). The molecule has 3 aromatic rings. The molecule has 0 atom stereocenters. The van der Waals surface area contributed by atoms with Gasteiger partial charge in [-0.15, -0.1) is 0 Å². The predicted octanol–water partition coefficient (Wildman–Crippen LogP) is 3.96. The molecule has 4 rings (SSSR count). The number of aromatic nitrogens is 2. The third-order valence-corrected chi connectivity index (χ3v) is 6.93. The van der Waals surface area contributed by atoms with E-state index in [0.29, 0.717) is 29.4 Å². The number of aryl methyl sites for hydroxylation is 1. The van der Waals surface area contributed by atoms with Gasteiger partial charge in [0.05, 0.1) is 11.8 Å². The van der Waals surface area contributed by atoms with E-state index in [4.69, 9.17) is 0 Å². The second-order valence-corrected chi connectivity index (χ2v) is 9.68. The Bertz CT molecular complexity index is 1220. The predicted molar refractivity (Wildman–Crippen MR) is 138 cm³/mol. The van der Waals surface area contributed by atoms with Gasteiger partial charge in [-0.3, -0.25) is 14.4 Å². The molecule has 8 heteroatoms. The summed E-state index contributed by atoms with van der Waals surface area (Å²) in [6.07, 6.45) is 3.22. The number of fused-ring (bicyclic) bond motifs is 1. The molecule has 0 bridgehead atoms. The zero-order valence-electron chi connectivity index (χ0n) is 19.5. The molecule has 1 saturated heterocycles. The Hall–Kier alpha value is -3.13. The minimum atomic E-state index is -0.366. The van der Waals surface area contributed by atoms with E-state index in [0.717, 1.165) is 49.4 Å². The lowest BCUT2D eigenvalue weighted by Gasteiger charge is -2.26. The molecular weight excluding hydrogens is 448 g/mol. The minimum Gasteiger partial charge on any atom is -0.341 e. The lowest BCUT2D eigenvalue weighted by atomic mass is 10.1. The first kappa shape index (κ1) is 24.0. The fourth-order valence-electron chi connectivity index (χ4n) is 4.06. The van der Waals surface area contributed by atoms with E-state index in [-0.39, 0.29) is 23.1 Å². The van der Waals surface area contributed by atoms with Crippen LogP contribution in [0.1, 0.15) is 42.2 Å². The minimum absolute atomic E-state index is 0.137. The van der Waals surface area contributed by atoms with E-state index in [1.165, 1.54) is 4.68 Å². The van der Waals surface area contributed by atoms with Gasteiger partial charge < -0.3 is 10.2 Å². The van der Waals surface area contributed by atoms with Gasteiger partial charge in [-0.05, 0) is 30.2 Å². The molecule has 0 aliphatic carbocycles. The summed E-state index contributed by atoms with van der Waals surface area (Å²) in [5, 5.41) is 8.34. The van der Waals surface area contributed by atoms with Crippen molar-refractivity contribution in [3.63, 3.8) is 0 Å². The highest BCUT2D eigenvalue weighted by Crippen LogP contribution is 2.17. The Balaban J connectivity index is 1.49. The fourth-order valence-corrected chi connectivity index (χ4v) is 4.96. The van der Waals surface area contributed by atoms with E-state index in [2.05, 4.69) is 17.3 Å². The number of amides is 2. The lowest BCUT2D eigenvalue weighted by molar-refractivity contribution is -0.130. The van der Waals surface area contributed by atoms with Crippen molar-refractivity contribution in [1.82, 2.24) is 14.7 Å². The third kappa shape index (κ3) is 5.67. The lowest BCUT2D eigenvalue weighted by Crippen LogP contribution is -2.38. The second kappa shape index (κ2) is 11.3. The van der Waals surface area contributed by atoms with Crippen LogP contribution in [0.15, 0.2) is 53.3 Å². The highest BCUT2D eigenvalue weighted by molar-refractivity contribution is 7.99. The molecule has 0 spiro atoms. The van der Waals surface area contributed by atoms with Crippen LogP contribution in [0.3, 0.4) is 0 Å². The number of nitrogens with one attached hydrogen (secondary N) is 1. The molecule has 2 heterocycles. The van der Waals surface area contributed by atoms with E-state index in [9.17, 15) is 14.4 Å². The van der Waals surface area contributed by atoms with Crippen LogP contribution >= 0.6 is 11.8 Å². The van der Waals surface area contributed by atoms with E-state index in [1.54, 1.807) is 36.4 Å². The fraction of sp³-hybridized carbons (Fsp3) is 0.385. The van der Waals surface area contributed by atoms with Crippen molar-refractivity contribution in [1.29, 1.82) is 0 Å². The normalized spacial score (nSPS) is 13.7. The largest absolute Gasteiger partial charge is 0.341 e. The molecular formula is C26H30N4O3S. The van der Waals surface area contributed by atoms with Crippen LogP contribution in [-0.2, 0) is 17.8 Å². The molecule has 0 saturated carbocycles. The summed E-state index contributed by atoms with van der Waals surface area (Å²) in [6, 6.07) is 14.4. The summed E-state index contributed by atoms with van der Waals surface area (Å²) in [5.41, 5.74) is 1.58. The Morgan fingerprint density at radius 3 is 2.41 bits per heavy atom. The first-order valence-corrected chi connectivity index (χ1v) is 13.0. The number of nitrogens with zero attached hydrogens (tertiary/aromatic N) is 3. The number of hydrogen-bond acceptors (Lipinski definition) is 5. The van der Waals surface area contributed by atoms with Crippen molar-refractivity contribution in [3.05, 3.63) is 70.1 Å². The Labute approximate surface area is 203 Å². The van der Waals surface area contributed by atoms with Gasteiger partial charge in [0.25, 0.3) is 11.5 Å². The Kier molecular flexibility index (Phi) is 8.00. The van der Waals surface area contributed by atoms with Gasteiger partial charge in [0.2, 0.25) is 5.91 Å². The molecule has 1 fully saturated rings. The second-order valence-electron chi connectivity index (χ2n) is 8.45. The SMILES string of the molecule is CCCCCn1nc(C(=O)Nc2ccc(CC(=O)N3CCSCC3)cc2)c2ccccc2c1=O. The smallest absolute Gasteiger partial charge is 0.276 e.